The average molecular weight is 1900 g/mol. The van der Waals surface area contributed by atoms with E-state index in [4.69, 9.17) is 18.9 Å². The Morgan fingerprint density at radius 3 is 0.781 bits per heavy atom. The van der Waals surface area contributed by atoms with Crippen LogP contribution in [0.15, 0.2) is 534 Å². The van der Waals surface area contributed by atoms with E-state index < -0.39 is 6.16 Å². The number of benzene rings is 19. The van der Waals surface area contributed by atoms with Crippen molar-refractivity contribution < 1.29 is 28.5 Å². The van der Waals surface area contributed by atoms with Crippen LogP contribution in [-0.2, 0) is 10.2 Å². The molecule has 19 rings (SSSR count). The van der Waals surface area contributed by atoms with Gasteiger partial charge in [-0.15, -0.1) is 0 Å². The lowest BCUT2D eigenvalue weighted by Crippen LogP contribution is -2.20. The predicted molar refractivity (Wildman–Crippen MR) is 610 cm³/mol. The van der Waals surface area contributed by atoms with E-state index >= 15 is 0 Å². The number of hydrogen-bond donors (Lipinski definition) is 0. The summed E-state index contributed by atoms with van der Waals surface area (Å²) in [5.41, 5.74) is 34.5. The fourth-order valence-electron chi connectivity index (χ4n) is 17.7. The second-order valence-electron chi connectivity index (χ2n) is 36.1. The molecule has 0 heterocycles. The van der Waals surface area contributed by atoms with Crippen molar-refractivity contribution in [2.75, 3.05) is 21.8 Å². The third-order valence-corrected chi connectivity index (χ3v) is 25.5. The van der Waals surface area contributed by atoms with Gasteiger partial charge in [0.15, 0.2) is 0 Å². The number of para-hydroxylation sites is 2. The lowest BCUT2D eigenvalue weighted by molar-refractivity contribution is -0.131. The van der Waals surface area contributed by atoms with Crippen molar-refractivity contribution in [1.29, 1.82) is 0 Å². The summed E-state index contributed by atoms with van der Waals surface area (Å²) in [6, 6.07) is 172. The van der Waals surface area contributed by atoms with E-state index in [1.807, 2.05) is 80.6 Å². The number of allylic oxidation sites excluding steroid dienone is 6. The van der Waals surface area contributed by atoms with Crippen molar-refractivity contribution in [2.24, 2.45) is 0 Å². The molecule has 0 saturated carbocycles. The summed E-state index contributed by atoms with van der Waals surface area (Å²) in [7, 11) is 1.63. The molecule has 0 aliphatic carbocycles. The Morgan fingerprint density at radius 2 is 0.500 bits per heavy atom. The zero-order valence-electron chi connectivity index (χ0n) is 83.3. The zero-order valence-corrected chi connectivity index (χ0v) is 83.3. The lowest BCUT2D eigenvalue weighted by atomic mass is 9.77. The van der Waals surface area contributed by atoms with Gasteiger partial charge in [-0.05, 0) is 296 Å². The lowest BCUT2D eigenvalue weighted by Gasteiger charge is -2.27. The van der Waals surface area contributed by atoms with Gasteiger partial charge in [-0.1, -0.05) is 420 Å². The third-order valence-electron chi connectivity index (χ3n) is 25.5. The van der Waals surface area contributed by atoms with Crippen molar-refractivity contribution in [3.05, 3.63) is 617 Å². The number of carbonyl (C=O) groups excluding carboxylic acids is 2. The Kier molecular flexibility index (Phi) is 33.0. The highest BCUT2D eigenvalue weighted by atomic mass is 16.7. The molecule has 19 aromatic rings. The Bertz CT molecular complexity index is 7130. The molecule has 0 aliphatic heterocycles. The van der Waals surface area contributed by atoms with Crippen LogP contribution in [0.5, 0.6) is 23.0 Å². The zero-order chi connectivity index (χ0) is 101. The molecule has 0 radical (unpaired) electrons. The highest BCUT2D eigenvalue weighted by Gasteiger charge is 2.27. The minimum atomic E-state index is -0.806. The Hall–Kier alpha value is -18.4. The number of ether oxygens (including phenoxy) is 4. The number of anilines is 9. The quantitative estimate of drug-likeness (QED) is 0.0197. The summed E-state index contributed by atoms with van der Waals surface area (Å²) < 4.78 is 21.4. The van der Waals surface area contributed by atoms with Crippen LogP contribution in [0.25, 0.3) is 57.2 Å². The van der Waals surface area contributed by atoms with Crippen molar-refractivity contribution in [2.45, 2.75) is 53.9 Å². The van der Waals surface area contributed by atoms with Gasteiger partial charge in [0.25, 0.3) is 0 Å². The van der Waals surface area contributed by atoms with E-state index in [0.717, 1.165) is 107 Å². The third kappa shape index (κ3) is 26.0. The topological polar surface area (TPSA) is 80.8 Å². The molecular weight excluding hydrogens is 1780 g/mol. The van der Waals surface area contributed by atoms with E-state index in [2.05, 4.69) is 510 Å². The Labute approximate surface area is 859 Å². The number of carbonyl (C=O) groups is 2. The number of esters is 1. The van der Waals surface area contributed by atoms with E-state index in [1.165, 1.54) is 79.3 Å². The second-order valence-corrected chi connectivity index (χ2v) is 36.1. The van der Waals surface area contributed by atoms with Gasteiger partial charge in [0.1, 0.15) is 23.0 Å². The first-order valence-electron chi connectivity index (χ1n) is 49.1. The van der Waals surface area contributed by atoms with Gasteiger partial charge in [0.2, 0.25) is 0 Å². The molecule has 0 fully saturated rings. The molecule has 9 nitrogen and oxygen atoms in total. The molecule has 714 valence electrons. The number of nitrogens with zero attached hydrogens (tertiary/aromatic N) is 3. The van der Waals surface area contributed by atoms with Crippen LogP contribution in [0.3, 0.4) is 0 Å². The largest absolute Gasteiger partial charge is 0.519 e. The summed E-state index contributed by atoms with van der Waals surface area (Å²) in [5.74, 6) is 1.81. The SMILES string of the molecule is C(/C=C/c1ccc(N(c2ccc(/C=C/C=C(c3ccccc3)c3ccccc3)cc2)c2ccc(/C=C/C=C(c3ccccc3)c3ccccc3)cc2)cc1)=C(c1ccccc1)c1ccccc1.COc1ccc(-c2ccc(OC(=O)Oc3ccc(C(C)(C)c4ccc(OC(C)=O)c(C)c4)cc3C)cc2)cc1.Cc1cccc(N(c2ccccc2)c2ccc(-c3ccc(N(c4ccccc4)c4cccc(C)c4)cc3)cc2)c1. The van der Waals surface area contributed by atoms with Crippen LogP contribution >= 0.6 is 0 Å². The monoisotopic (exact) mass is 1900 g/mol. The minimum Gasteiger partial charge on any atom is -0.497 e. The summed E-state index contributed by atoms with van der Waals surface area (Å²) in [6.45, 7) is 13.7. The molecule has 0 spiro atoms. The van der Waals surface area contributed by atoms with Crippen LogP contribution < -0.4 is 33.6 Å². The smallest absolute Gasteiger partial charge is 0.497 e. The van der Waals surface area contributed by atoms with Crippen molar-refractivity contribution in [3.8, 4) is 45.3 Å². The molecule has 0 atom stereocenters. The van der Waals surface area contributed by atoms with Gasteiger partial charge >= 0.3 is 12.1 Å². The number of aryl methyl sites for hydroxylation is 4. The Morgan fingerprint density at radius 1 is 0.247 bits per heavy atom. The first-order chi connectivity index (χ1) is 71.5. The molecule has 19 aromatic carbocycles. The summed E-state index contributed by atoms with van der Waals surface area (Å²) >= 11 is 0. The molecule has 0 bridgehead atoms. The first kappa shape index (κ1) is 99.1. The summed E-state index contributed by atoms with van der Waals surface area (Å²) in [4.78, 5) is 30.8. The fraction of sp³-hybridized carbons (Fsp3) is 0.0657. The molecular formula is C137H115N3O6. The van der Waals surface area contributed by atoms with Gasteiger partial charge < -0.3 is 33.6 Å². The predicted octanol–water partition coefficient (Wildman–Crippen LogP) is 36.3. The molecule has 0 unspecified atom stereocenters. The van der Waals surface area contributed by atoms with Crippen LogP contribution in [0, 0.1) is 27.7 Å². The average Bonchev–Trinajstić information content (AvgIpc) is 0.769. The summed E-state index contributed by atoms with van der Waals surface area (Å²) in [5, 5.41) is 0. The van der Waals surface area contributed by atoms with Crippen molar-refractivity contribution in [1.82, 2.24) is 0 Å². The van der Waals surface area contributed by atoms with Gasteiger partial charge in [-0.25, -0.2) is 4.79 Å². The molecule has 0 aliphatic rings. The second kappa shape index (κ2) is 48.6. The molecule has 146 heavy (non-hydrogen) atoms. The molecule has 0 amide bonds. The van der Waals surface area contributed by atoms with E-state index in [1.54, 1.807) is 25.3 Å². The first-order valence-corrected chi connectivity index (χ1v) is 49.1. The van der Waals surface area contributed by atoms with Crippen molar-refractivity contribution in [3.63, 3.8) is 0 Å². The van der Waals surface area contributed by atoms with Crippen LogP contribution in [0.1, 0.15) is 104 Å². The van der Waals surface area contributed by atoms with Crippen LogP contribution in [0.4, 0.5) is 56.0 Å². The number of rotatable bonds is 29. The normalized spacial score (nSPS) is 11.0. The molecule has 9 heteroatoms. The standard InChI is InChI=1S/C66H51N.C38H32N2.C33H32O6/c1-7-25-55(26-8-1)64(56-27-9-2-10-28-56)37-19-22-52-40-46-61(47-41-52)67(62-48-42-53(43-49-62)23-20-38-65(57-29-11-3-12-30-57)58-31-13-4-14-32-58)63-50-44-54(45-51-63)24-21-39-66(59-33-15-5-16-34-59)60-35-17-6-18-36-60;1-29-11-9-17-37(27-29)39(33-13-5-3-6-14-33)35-23-19-31(20-24-35)32-21-25-36(26-22-32)40(34-15-7-4-8-16-34)38-18-10-12-30(2)28-38;1-21-19-26(11-17-30(21)37-23(3)34)33(4,5)27-12-18-31(22(2)20-27)39-32(35)38-29-15-9-25(10-16-29)24-7-13-28(36-6)14-8-24/h1-51H;3-28H,1-2H3;7-20H,1-6H3/b22-19+,23-20+,24-21+;;. The van der Waals surface area contributed by atoms with Gasteiger partial charge in [-0.2, -0.15) is 0 Å². The van der Waals surface area contributed by atoms with Gasteiger partial charge in [0, 0.05) is 63.5 Å². The maximum Gasteiger partial charge on any atom is 0.519 e. The highest BCUT2D eigenvalue weighted by molar-refractivity contribution is 5.88. The van der Waals surface area contributed by atoms with E-state index in [-0.39, 0.29) is 11.4 Å². The summed E-state index contributed by atoms with van der Waals surface area (Å²) in [6.07, 6.45) is 18.8. The Balaban J connectivity index is 0.000000159. The van der Waals surface area contributed by atoms with Crippen molar-refractivity contribution >= 4 is 98.3 Å². The van der Waals surface area contributed by atoms with E-state index in [9.17, 15) is 9.59 Å². The maximum absolute atomic E-state index is 12.5. The van der Waals surface area contributed by atoms with Crippen LogP contribution in [0.2, 0.25) is 0 Å². The minimum absolute atomic E-state index is 0.338. The highest BCUT2D eigenvalue weighted by Crippen LogP contribution is 2.43. The number of methoxy groups -OCH3 is 1. The van der Waals surface area contributed by atoms with E-state index in [0.29, 0.717) is 17.2 Å². The molecule has 0 aromatic heterocycles. The van der Waals surface area contributed by atoms with Gasteiger partial charge in [-0.3, -0.25) is 4.79 Å². The van der Waals surface area contributed by atoms with Gasteiger partial charge in [0.05, 0.1) is 7.11 Å². The fourth-order valence-corrected chi connectivity index (χ4v) is 17.7. The molecule has 0 saturated heterocycles. The van der Waals surface area contributed by atoms with Crippen LogP contribution in [-0.4, -0.2) is 19.2 Å². The molecule has 0 N–H and O–H groups in total. The maximum atomic E-state index is 12.5. The number of hydrogen-bond acceptors (Lipinski definition) is 9.